The van der Waals surface area contributed by atoms with E-state index < -0.39 is 6.04 Å². The number of nitrogens with one attached hydrogen (secondary N) is 2. The smallest absolute Gasteiger partial charge is 0.242 e. The van der Waals surface area contributed by atoms with Crippen molar-refractivity contribution in [1.29, 1.82) is 0 Å². The van der Waals surface area contributed by atoms with Crippen LogP contribution >= 0.6 is 0 Å². The highest BCUT2D eigenvalue weighted by Gasteiger charge is 2.26. The fourth-order valence-electron chi connectivity index (χ4n) is 3.31. The Morgan fingerprint density at radius 3 is 2.30 bits per heavy atom. The molecule has 1 fully saturated rings. The van der Waals surface area contributed by atoms with Crippen LogP contribution in [0.25, 0.3) is 0 Å². The van der Waals surface area contributed by atoms with Crippen LogP contribution < -0.4 is 20.1 Å². The minimum atomic E-state index is -0.564. The summed E-state index contributed by atoms with van der Waals surface area (Å²) < 4.78 is 11.1. The molecule has 0 radical (unpaired) electrons. The van der Waals surface area contributed by atoms with Gasteiger partial charge in [-0.3, -0.25) is 9.59 Å². The van der Waals surface area contributed by atoms with Gasteiger partial charge in [0.15, 0.2) is 11.5 Å². The minimum Gasteiger partial charge on any atom is -0.493 e. The lowest BCUT2D eigenvalue weighted by molar-refractivity contribution is -0.131. The van der Waals surface area contributed by atoms with E-state index in [0.717, 1.165) is 31.2 Å². The van der Waals surface area contributed by atoms with Crippen LogP contribution in [0.2, 0.25) is 0 Å². The number of benzene rings is 1. The molecule has 2 amide bonds. The van der Waals surface area contributed by atoms with Gasteiger partial charge in [0.1, 0.15) is 6.04 Å². The van der Waals surface area contributed by atoms with E-state index in [1.54, 1.807) is 14.0 Å². The Balaban J connectivity index is 1.95. The van der Waals surface area contributed by atoms with Gasteiger partial charge >= 0.3 is 0 Å². The molecule has 0 saturated heterocycles. The van der Waals surface area contributed by atoms with Crippen molar-refractivity contribution >= 4 is 11.8 Å². The molecular formula is C21H32N2O4. The lowest BCUT2D eigenvalue weighted by Gasteiger charge is -2.21. The van der Waals surface area contributed by atoms with E-state index in [0.29, 0.717) is 11.5 Å². The molecule has 0 aromatic heterocycles. The van der Waals surface area contributed by atoms with Crippen LogP contribution in [-0.4, -0.2) is 31.1 Å². The summed E-state index contributed by atoms with van der Waals surface area (Å²) in [6, 6.07) is 4.84. The van der Waals surface area contributed by atoms with Gasteiger partial charge in [0.05, 0.1) is 19.3 Å². The zero-order chi connectivity index (χ0) is 20.0. The van der Waals surface area contributed by atoms with Crippen LogP contribution in [0.15, 0.2) is 18.2 Å². The van der Waals surface area contributed by atoms with Crippen LogP contribution in [-0.2, 0) is 9.59 Å². The van der Waals surface area contributed by atoms with Crippen LogP contribution in [0, 0.1) is 5.92 Å². The molecule has 1 aromatic carbocycles. The van der Waals surface area contributed by atoms with Crippen molar-refractivity contribution in [2.24, 2.45) is 5.92 Å². The van der Waals surface area contributed by atoms with E-state index in [1.807, 2.05) is 39.0 Å². The van der Waals surface area contributed by atoms with E-state index in [9.17, 15) is 9.59 Å². The summed E-state index contributed by atoms with van der Waals surface area (Å²) in [7, 11) is 1.59. The van der Waals surface area contributed by atoms with E-state index in [-0.39, 0.29) is 29.9 Å². The van der Waals surface area contributed by atoms with Gasteiger partial charge in [-0.05, 0) is 58.2 Å². The third-order valence-electron chi connectivity index (χ3n) is 4.89. The van der Waals surface area contributed by atoms with Crippen LogP contribution in [0.5, 0.6) is 11.5 Å². The van der Waals surface area contributed by atoms with Gasteiger partial charge in [0.25, 0.3) is 0 Å². The molecule has 0 heterocycles. The Bertz CT molecular complexity index is 654. The number of rotatable bonds is 8. The van der Waals surface area contributed by atoms with Crippen LogP contribution in [0.4, 0.5) is 0 Å². The third kappa shape index (κ3) is 5.88. The van der Waals surface area contributed by atoms with E-state index in [4.69, 9.17) is 9.47 Å². The van der Waals surface area contributed by atoms with Crippen LogP contribution in [0.3, 0.4) is 0 Å². The first-order valence-corrected chi connectivity index (χ1v) is 9.77. The molecule has 0 unspecified atom stereocenters. The number of carbonyl (C=O) groups is 2. The Labute approximate surface area is 162 Å². The van der Waals surface area contributed by atoms with E-state index in [2.05, 4.69) is 10.6 Å². The van der Waals surface area contributed by atoms with Crippen molar-refractivity contribution in [2.45, 2.75) is 71.6 Å². The summed E-state index contributed by atoms with van der Waals surface area (Å²) in [6.07, 6.45) is 4.07. The molecule has 1 saturated carbocycles. The van der Waals surface area contributed by atoms with Gasteiger partial charge in [-0.25, -0.2) is 0 Å². The summed E-state index contributed by atoms with van der Waals surface area (Å²) >= 11 is 0. The first-order valence-electron chi connectivity index (χ1n) is 9.77. The number of hydrogen-bond acceptors (Lipinski definition) is 4. The molecule has 2 rings (SSSR count). The second-order valence-corrected chi connectivity index (χ2v) is 7.52. The maximum atomic E-state index is 12.5. The Morgan fingerprint density at radius 1 is 1.04 bits per heavy atom. The first-order chi connectivity index (χ1) is 12.8. The third-order valence-corrected chi connectivity index (χ3v) is 4.89. The van der Waals surface area contributed by atoms with Gasteiger partial charge in [-0.2, -0.15) is 0 Å². The average molecular weight is 376 g/mol. The standard InChI is InChI=1S/C21H32N2O4/c1-13(2)27-18-11-10-17(12-19(18)26-5)14(3)22-20(24)15(4)23-21(25)16-8-6-7-9-16/h10-16H,6-9H2,1-5H3,(H,22,24)(H,23,25)/t14-,15+/m1/s1. The normalized spacial score (nSPS) is 16.7. The van der Waals surface area contributed by atoms with E-state index >= 15 is 0 Å². The van der Waals surface area contributed by atoms with Crippen molar-refractivity contribution in [1.82, 2.24) is 10.6 Å². The van der Waals surface area contributed by atoms with Gasteiger partial charge < -0.3 is 20.1 Å². The topological polar surface area (TPSA) is 76.7 Å². The lowest BCUT2D eigenvalue weighted by Crippen LogP contribution is -2.47. The highest BCUT2D eigenvalue weighted by molar-refractivity contribution is 5.88. The number of carbonyl (C=O) groups excluding carboxylic acids is 2. The molecule has 0 spiro atoms. The predicted molar refractivity (Wildman–Crippen MR) is 105 cm³/mol. The first kappa shape index (κ1) is 21.1. The van der Waals surface area contributed by atoms with Crippen molar-refractivity contribution in [3.05, 3.63) is 23.8 Å². The quantitative estimate of drug-likeness (QED) is 0.729. The van der Waals surface area contributed by atoms with Gasteiger partial charge in [0, 0.05) is 5.92 Å². The summed E-state index contributed by atoms with van der Waals surface area (Å²) in [5, 5.41) is 5.79. The second-order valence-electron chi connectivity index (χ2n) is 7.52. The molecule has 6 nitrogen and oxygen atoms in total. The molecule has 1 aromatic rings. The molecule has 150 valence electrons. The zero-order valence-corrected chi connectivity index (χ0v) is 17.0. The van der Waals surface area contributed by atoms with Crippen LogP contribution in [0.1, 0.15) is 65.0 Å². The molecule has 2 atom stereocenters. The SMILES string of the molecule is COc1cc([C@@H](C)NC(=O)[C@H](C)NC(=O)C2CCCC2)ccc1OC(C)C. The van der Waals surface area contributed by atoms with E-state index in [1.165, 1.54) is 0 Å². The molecule has 0 bridgehead atoms. The molecular weight excluding hydrogens is 344 g/mol. The maximum Gasteiger partial charge on any atom is 0.242 e. The maximum absolute atomic E-state index is 12.5. The zero-order valence-electron chi connectivity index (χ0n) is 17.0. The molecule has 27 heavy (non-hydrogen) atoms. The molecule has 1 aliphatic rings. The van der Waals surface area contributed by atoms with Gasteiger partial charge in [-0.1, -0.05) is 18.9 Å². The fraction of sp³-hybridized carbons (Fsp3) is 0.619. The number of hydrogen-bond donors (Lipinski definition) is 2. The Morgan fingerprint density at radius 2 is 1.70 bits per heavy atom. The number of methoxy groups -OCH3 is 1. The van der Waals surface area contributed by atoms with Crippen molar-refractivity contribution in [3.63, 3.8) is 0 Å². The lowest BCUT2D eigenvalue weighted by atomic mass is 10.1. The predicted octanol–water partition coefficient (Wildman–Crippen LogP) is 3.35. The molecule has 2 N–H and O–H groups in total. The van der Waals surface area contributed by atoms with Crippen molar-refractivity contribution in [2.75, 3.05) is 7.11 Å². The monoisotopic (exact) mass is 376 g/mol. The largest absolute Gasteiger partial charge is 0.493 e. The fourth-order valence-corrected chi connectivity index (χ4v) is 3.31. The van der Waals surface area contributed by atoms with Crippen molar-refractivity contribution in [3.8, 4) is 11.5 Å². The average Bonchev–Trinajstić information content (AvgIpc) is 3.16. The molecule has 6 heteroatoms. The van der Waals surface area contributed by atoms with Crippen molar-refractivity contribution < 1.29 is 19.1 Å². The number of ether oxygens (including phenoxy) is 2. The minimum absolute atomic E-state index is 0.0142. The van der Waals surface area contributed by atoms with Gasteiger partial charge in [0.2, 0.25) is 11.8 Å². The second kappa shape index (κ2) is 9.62. The number of amides is 2. The Hall–Kier alpha value is -2.24. The molecule has 1 aliphatic carbocycles. The summed E-state index contributed by atoms with van der Waals surface area (Å²) in [5.41, 5.74) is 0.908. The summed E-state index contributed by atoms with van der Waals surface area (Å²) in [5.74, 6) is 1.14. The highest BCUT2D eigenvalue weighted by Crippen LogP contribution is 2.31. The highest BCUT2D eigenvalue weighted by atomic mass is 16.5. The Kier molecular flexibility index (Phi) is 7.51. The van der Waals surface area contributed by atoms with Gasteiger partial charge in [-0.15, -0.1) is 0 Å². The summed E-state index contributed by atoms with van der Waals surface area (Å²) in [4.78, 5) is 24.7. The molecule has 0 aliphatic heterocycles. The summed E-state index contributed by atoms with van der Waals surface area (Å²) in [6.45, 7) is 7.53.